The second-order valence-electron chi connectivity index (χ2n) is 7.08. The number of pyridine rings is 1. The van der Waals surface area contributed by atoms with E-state index in [0.717, 1.165) is 48.2 Å². The molecule has 1 unspecified atom stereocenters. The number of hydrogen-bond donors (Lipinski definition) is 2. The maximum atomic E-state index is 5.79. The number of benzene rings is 1. The molecule has 1 atom stereocenters. The van der Waals surface area contributed by atoms with Crippen molar-refractivity contribution >= 4 is 5.96 Å². The Morgan fingerprint density at radius 2 is 2.13 bits per heavy atom. The zero-order valence-corrected chi connectivity index (χ0v) is 17.2. The number of hydrogen-bond acceptors (Lipinski definition) is 5. The molecule has 0 radical (unpaired) electrons. The molecule has 1 aliphatic rings. The molecule has 8 nitrogen and oxygen atoms in total. The molecule has 1 aromatic carbocycles. The summed E-state index contributed by atoms with van der Waals surface area (Å²) in [6, 6.07) is 14.2. The summed E-state index contributed by atoms with van der Waals surface area (Å²) in [7, 11) is 0. The maximum absolute atomic E-state index is 5.79. The number of fused-ring (bicyclic) bond motifs is 1. The van der Waals surface area contributed by atoms with Crippen LogP contribution in [-0.4, -0.2) is 38.9 Å². The van der Waals surface area contributed by atoms with Gasteiger partial charge in [0.15, 0.2) is 5.96 Å². The van der Waals surface area contributed by atoms with E-state index in [1.165, 1.54) is 0 Å². The molecule has 30 heavy (non-hydrogen) atoms. The Hall–Kier alpha value is -3.42. The Balaban J connectivity index is 1.46. The van der Waals surface area contributed by atoms with Gasteiger partial charge in [-0.1, -0.05) is 31.2 Å². The molecule has 8 heteroatoms. The third kappa shape index (κ3) is 4.94. The number of para-hydroxylation sites is 1. The van der Waals surface area contributed by atoms with Crippen LogP contribution in [0.2, 0.25) is 0 Å². The lowest BCUT2D eigenvalue weighted by Crippen LogP contribution is -2.42. The van der Waals surface area contributed by atoms with Crippen LogP contribution in [-0.2, 0) is 19.5 Å². The van der Waals surface area contributed by atoms with E-state index in [1.807, 2.05) is 36.4 Å². The largest absolute Gasteiger partial charge is 0.493 e. The molecule has 4 rings (SSSR count). The normalized spacial score (nSPS) is 15.9. The van der Waals surface area contributed by atoms with Crippen LogP contribution in [0.5, 0.6) is 5.75 Å². The number of guanidine groups is 1. The molecule has 2 N–H and O–H groups in total. The van der Waals surface area contributed by atoms with Crippen molar-refractivity contribution in [2.45, 2.75) is 38.9 Å². The SMILES string of the molecule is CCc1nncn1CCNC(=NCc1ccccn1)NC1CCOc2ccccc21. The Morgan fingerprint density at radius 3 is 3.00 bits per heavy atom. The second-order valence-corrected chi connectivity index (χ2v) is 7.08. The molecule has 2 aromatic heterocycles. The maximum Gasteiger partial charge on any atom is 0.192 e. The molecule has 0 fully saturated rings. The molecular formula is C22H27N7O. The van der Waals surface area contributed by atoms with Gasteiger partial charge in [0.1, 0.15) is 17.9 Å². The third-order valence-electron chi connectivity index (χ3n) is 5.05. The summed E-state index contributed by atoms with van der Waals surface area (Å²) in [4.78, 5) is 9.15. The van der Waals surface area contributed by atoms with Crippen molar-refractivity contribution < 1.29 is 4.74 Å². The minimum atomic E-state index is 0.144. The lowest BCUT2D eigenvalue weighted by molar-refractivity contribution is 0.261. The highest BCUT2D eigenvalue weighted by molar-refractivity contribution is 5.80. The standard InChI is InChI=1S/C22H27N7O/c1-2-21-28-26-16-29(21)13-12-24-22(25-15-17-7-5-6-11-23-17)27-19-10-14-30-20-9-4-3-8-18(19)20/h3-9,11,16,19H,2,10,12-15H2,1H3,(H2,24,25,27). The summed E-state index contributed by atoms with van der Waals surface area (Å²) in [5, 5.41) is 15.2. The van der Waals surface area contributed by atoms with E-state index in [9.17, 15) is 0 Å². The molecule has 3 heterocycles. The van der Waals surface area contributed by atoms with Gasteiger partial charge in [-0.15, -0.1) is 10.2 Å². The van der Waals surface area contributed by atoms with Crippen LogP contribution in [0.25, 0.3) is 0 Å². The zero-order chi connectivity index (χ0) is 20.6. The molecule has 0 spiro atoms. The van der Waals surface area contributed by atoms with Gasteiger partial charge in [0.2, 0.25) is 0 Å². The number of aliphatic imine (C=N–C) groups is 1. The van der Waals surface area contributed by atoms with Crippen LogP contribution in [0.4, 0.5) is 0 Å². The van der Waals surface area contributed by atoms with Gasteiger partial charge in [-0.2, -0.15) is 0 Å². The fourth-order valence-corrected chi connectivity index (χ4v) is 3.50. The van der Waals surface area contributed by atoms with Crippen LogP contribution >= 0.6 is 0 Å². The highest BCUT2D eigenvalue weighted by Crippen LogP contribution is 2.31. The van der Waals surface area contributed by atoms with Gasteiger partial charge in [0.25, 0.3) is 0 Å². The minimum absolute atomic E-state index is 0.144. The fraction of sp³-hybridized carbons (Fsp3) is 0.364. The average molecular weight is 406 g/mol. The molecule has 0 amide bonds. The topological polar surface area (TPSA) is 89.3 Å². The minimum Gasteiger partial charge on any atom is -0.493 e. The van der Waals surface area contributed by atoms with Crippen molar-refractivity contribution in [2.75, 3.05) is 13.2 Å². The Labute approximate surface area is 176 Å². The van der Waals surface area contributed by atoms with Crippen molar-refractivity contribution in [1.29, 1.82) is 0 Å². The molecule has 0 bridgehead atoms. The summed E-state index contributed by atoms with van der Waals surface area (Å²) in [5.41, 5.74) is 2.08. The Kier molecular flexibility index (Phi) is 6.54. The number of nitrogens with zero attached hydrogens (tertiary/aromatic N) is 5. The highest BCUT2D eigenvalue weighted by atomic mass is 16.5. The van der Waals surface area contributed by atoms with Gasteiger partial charge in [-0.3, -0.25) is 4.98 Å². The van der Waals surface area contributed by atoms with Crippen molar-refractivity contribution in [3.05, 3.63) is 72.1 Å². The van der Waals surface area contributed by atoms with Gasteiger partial charge in [0.05, 0.1) is 24.9 Å². The van der Waals surface area contributed by atoms with Crippen molar-refractivity contribution in [1.82, 2.24) is 30.4 Å². The third-order valence-corrected chi connectivity index (χ3v) is 5.05. The van der Waals surface area contributed by atoms with Crippen molar-refractivity contribution in [3.63, 3.8) is 0 Å². The summed E-state index contributed by atoms with van der Waals surface area (Å²) in [6.07, 6.45) is 5.30. The van der Waals surface area contributed by atoms with E-state index in [-0.39, 0.29) is 6.04 Å². The number of nitrogens with one attached hydrogen (secondary N) is 2. The number of ether oxygens (including phenoxy) is 1. The zero-order valence-electron chi connectivity index (χ0n) is 17.2. The molecule has 0 saturated heterocycles. The van der Waals surface area contributed by atoms with Gasteiger partial charge >= 0.3 is 0 Å². The van der Waals surface area contributed by atoms with Gasteiger partial charge < -0.3 is 19.9 Å². The van der Waals surface area contributed by atoms with Crippen LogP contribution < -0.4 is 15.4 Å². The smallest absolute Gasteiger partial charge is 0.192 e. The Morgan fingerprint density at radius 1 is 1.23 bits per heavy atom. The first kappa shape index (κ1) is 19.9. The summed E-state index contributed by atoms with van der Waals surface area (Å²) in [6.45, 7) is 4.75. The molecule has 0 saturated carbocycles. The first-order valence-corrected chi connectivity index (χ1v) is 10.4. The van der Waals surface area contributed by atoms with Gasteiger partial charge in [-0.05, 0) is 18.2 Å². The summed E-state index contributed by atoms with van der Waals surface area (Å²) >= 11 is 0. The lowest BCUT2D eigenvalue weighted by Gasteiger charge is -2.28. The van der Waals surface area contributed by atoms with Crippen molar-refractivity contribution in [3.8, 4) is 5.75 Å². The van der Waals surface area contributed by atoms with Crippen LogP contribution in [0.3, 0.4) is 0 Å². The molecule has 3 aromatic rings. The first-order chi connectivity index (χ1) is 14.8. The number of aryl methyl sites for hydroxylation is 1. The summed E-state index contributed by atoms with van der Waals surface area (Å²) in [5.74, 6) is 2.67. The lowest BCUT2D eigenvalue weighted by atomic mass is 10.0. The molecule has 1 aliphatic heterocycles. The fourth-order valence-electron chi connectivity index (χ4n) is 3.50. The number of rotatable bonds is 7. The van der Waals surface area contributed by atoms with Crippen LogP contribution in [0, 0.1) is 0 Å². The van der Waals surface area contributed by atoms with E-state index >= 15 is 0 Å². The van der Waals surface area contributed by atoms with E-state index in [1.54, 1.807) is 12.5 Å². The molecule has 0 aliphatic carbocycles. The second kappa shape index (κ2) is 9.87. The van der Waals surface area contributed by atoms with Crippen LogP contribution in [0.15, 0.2) is 60.0 Å². The predicted octanol–water partition coefficient (Wildman–Crippen LogP) is 2.49. The van der Waals surface area contributed by atoms with Gasteiger partial charge in [0, 0.05) is 37.7 Å². The summed E-state index contributed by atoms with van der Waals surface area (Å²) < 4.78 is 7.86. The van der Waals surface area contributed by atoms with E-state index in [2.05, 4.69) is 43.4 Å². The van der Waals surface area contributed by atoms with E-state index in [4.69, 9.17) is 9.73 Å². The van der Waals surface area contributed by atoms with Gasteiger partial charge in [-0.25, -0.2) is 4.99 Å². The molecular weight excluding hydrogens is 378 g/mol. The number of aromatic nitrogens is 4. The average Bonchev–Trinajstić information content (AvgIpc) is 3.26. The molecule has 156 valence electrons. The highest BCUT2D eigenvalue weighted by Gasteiger charge is 2.21. The van der Waals surface area contributed by atoms with E-state index in [0.29, 0.717) is 19.7 Å². The Bertz CT molecular complexity index is 970. The predicted molar refractivity (Wildman–Crippen MR) is 115 cm³/mol. The van der Waals surface area contributed by atoms with E-state index < -0.39 is 0 Å². The van der Waals surface area contributed by atoms with Crippen LogP contribution in [0.1, 0.15) is 36.5 Å². The first-order valence-electron chi connectivity index (χ1n) is 10.4. The quantitative estimate of drug-likeness (QED) is 0.464. The van der Waals surface area contributed by atoms with Crippen molar-refractivity contribution in [2.24, 2.45) is 4.99 Å². The monoisotopic (exact) mass is 405 g/mol.